The molecule has 130 valence electrons. The highest BCUT2D eigenvalue weighted by Crippen LogP contribution is 2.19. The molecule has 1 aromatic carbocycles. The SMILES string of the molecule is Cc1ccccc1CC(=O)N1CCN(C(=O)C(C)C2CNC2)CC1. The van der Waals surface area contributed by atoms with Gasteiger partial charge in [0.1, 0.15) is 0 Å². The third-order valence-corrected chi connectivity index (χ3v) is 5.46. The van der Waals surface area contributed by atoms with E-state index in [1.165, 1.54) is 0 Å². The summed E-state index contributed by atoms with van der Waals surface area (Å²) in [4.78, 5) is 28.9. The van der Waals surface area contributed by atoms with E-state index in [1.54, 1.807) is 0 Å². The smallest absolute Gasteiger partial charge is 0.227 e. The lowest BCUT2D eigenvalue weighted by atomic mass is 9.88. The van der Waals surface area contributed by atoms with E-state index in [-0.39, 0.29) is 17.7 Å². The van der Waals surface area contributed by atoms with Crippen LogP contribution in [0.25, 0.3) is 0 Å². The number of nitrogens with one attached hydrogen (secondary N) is 1. The van der Waals surface area contributed by atoms with E-state index >= 15 is 0 Å². The minimum atomic E-state index is 0.0838. The van der Waals surface area contributed by atoms with E-state index in [9.17, 15) is 9.59 Å². The van der Waals surface area contributed by atoms with Crippen molar-refractivity contribution in [3.63, 3.8) is 0 Å². The molecule has 1 aromatic rings. The van der Waals surface area contributed by atoms with Crippen LogP contribution in [0.1, 0.15) is 18.1 Å². The predicted octanol–water partition coefficient (Wildman–Crippen LogP) is 1.06. The van der Waals surface area contributed by atoms with Crippen molar-refractivity contribution in [3.8, 4) is 0 Å². The lowest BCUT2D eigenvalue weighted by molar-refractivity contribution is -0.143. The zero-order valence-electron chi connectivity index (χ0n) is 14.6. The second-order valence-electron chi connectivity index (χ2n) is 7.02. The van der Waals surface area contributed by atoms with Gasteiger partial charge in [0.25, 0.3) is 0 Å². The number of piperazine rings is 1. The van der Waals surface area contributed by atoms with Crippen molar-refractivity contribution in [3.05, 3.63) is 35.4 Å². The van der Waals surface area contributed by atoms with Gasteiger partial charge in [0, 0.05) is 32.1 Å². The number of nitrogens with zero attached hydrogens (tertiary/aromatic N) is 2. The maximum Gasteiger partial charge on any atom is 0.227 e. The number of amides is 2. The summed E-state index contributed by atoms with van der Waals surface area (Å²) in [5.41, 5.74) is 2.25. The summed E-state index contributed by atoms with van der Waals surface area (Å²) in [5.74, 6) is 0.957. The Balaban J connectivity index is 1.50. The second-order valence-corrected chi connectivity index (χ2v) is 7.02. The second kappa shape index (κ2) is 7.34. The summed E-state index contributed by atoms with van der Waals surface area (Å²) >= 11 is 0. The molecule has 0 bridgehead atoms. The molecule has 5 nitrogen and oxygen atoms in total. The number of carbonyl (C=O) groups is 2. The van der Waals surface area contributed by atoms with Crippen LogP contribution in [0.4, 0.5) is 0 Å². The fourth-order valence-corrected chi connectivity index (χ4v) is 3.41. The normalized spacial score (nSPS) is 19.8. The van der Waals surface area contributed by atoms with Gasteiger partial charge in [-0.1, -0.05) is 31.2 Å². The summed E-state index contributed by atoms with van der Waals surface area (Å²) in [6.45, 7) is 8.56. The molecule has 1 atom stereocenters. The molecule has 5 heteroatoms. The van der Waals surface area contributed by atoms with Gasteiger partial charge in [0.05, 0.1) is 6.42 Å². The van der Waals surface area contributed by atoms with Crippen LogP contribution in [-0.4, -0.2) is 60.9 Å². The molecule has 0 radical (unpaired) electrons. The van der Waals surface area contributed by atoms with Crippen LogP contribution in [0.15, 0.2) is 24.3 Å². The van der Waals surface area contributed by atoms with Crippen molar-refractivity contribution < 1.29 is 9.59 Å². The van der Waals surface area contributed by atoms with E-state index in [0.717, 1.165) is 24.2 Å². The van der Waals surface area contributed by atoms with Gasteiger partial charge in [-0.25, -0.2) is 0 Å². The fourth-order valence-electron chi connectivity index (χ4n) is 3.41. The molecule has 0 saturated carbocycles. The first kappa shape index (κ1) is 17.0. The average Bonchev–Trinajstić information content (AvgIpc) is 2.54. The van der Waals surface area contributed by atoms with Gasteiger partial charge in [-0.2, -0.15) is 0 Å². The third-order valence-electron chi connectivity index (χ3n) is 5.46. The summed E-state index contributed by atoms with van der Waals surface area (Å²) in [6, 6.07) is 8.02. The summed E-state index contributed by atoms with van der Waals surface area (Å²) < 4.78 is 0. The Morgan fingerprint density at radius 2 is 1.75 bits per heavy atom. The molecule has 24 heavy (non-hydrogen) atoms. The largest absolute Gasteiger partial charge is 0.339 e. The van der Waals surface area contributed by atoms with E-state index in [1.807, 2.05) is 47.9 Å². The molecule has 2 amide bonds. The number of benzene rings is 1. The highest BCUT2D eigenvalue weighted by molar-refractivity contribution is 5.81. The molecule has 2 saturated heterocycles. The standard InChI is InChI=1S/C19H27N3O2/c1-14-5-3-4-6-16(14)11-18(23)21-7-9-22(10-8-21)19(24)15(2)17-12-20-13-17/h3-6,15,17,20H,7-13H2,1-2H3. The number of hydrogen-bond donors (Lipinski definition) is 1. The quantitative estimate of drug-likeness (QED) is 0.899. The van der Waals surface area contributed by atoms with Crippen molar-refractivity contribution in [1.29, 1.82) is 0 Å². The molecule has 1 unspecified atom stereocenters. The summed E-state index contributed by atoms with van der Waals surface area (Å²) in [5, 5.41) is 3.23. The molecule has 2 heterocycles. The van der Waals surface area contributed by atoms with E-state index in [0.29, 0.717) is 38.5 Å². The number of hydrogen-bond acceptors (Lipinski definition) is 3. The Bertz CT molecular complexity index is 604. The Morgan fingerprint density at radius 1 is 1.12 bits per heavy atom. The summed E-state index contributed by atoms with van der Waals surface area (Å²) in [7, 11) is 0. The van der Waals surface area contributed by atoms with Crippen LogP contribution in [0.3, 0.4) is 0 Å². The van der Waals surface area contributed by atoms with E-state index in [4.69, 9.17) is 0 Å². The minimum absolute atomic E-state index is 0.0838. The zero-order valence-corrected chi connectivity index (χ0v) is 14.6. The van der Waals surface area contributed by atoms with Crippen LogP contribution in [0, 0.1) is 18.8 Å². The van der Waals surface area contributed by atoms with Crippen molar-refractivity contribution >= 4 is 11.8 Å². The Kier molecular flexibility index (Phi) is 5.19. The average molecular weight is 329 g/mol. The zero-order chi connectivity index (χ0) is 17.1. The highest BCUT2D eigenvalue weighted by atomic mass is 16.2. The molecule has 2 aliphatic rings. The topological polar surface area (TPSA) is 52.7 Å². The predicted molar refractivity (Wildman–Crippen MR) is 93.6 cm³/mol. The summed E-state index contributed by atoms with van der Waals surface area (Å²) in [6.07, 6.45) is 0.449. The van der Waals surface area contributed by atoms with Crippen LogP contribution < -0.4 is 5.32 Å². The number of rotatable bonds is 4. The minimum Gasteiger partial charge on any atom is -0.339 e. The monoisotopic (exact) mass is 329 g/mol. The molecular formula is C19H27N3O2. The lowest BCUT2D eigenvalue weighted by Crippen LogP contribution is -2.55. The highest BCUT2D eigenvalue weighted by Gasteiger charge is 2.33. The van der Waals surface area contributed by atoms with Crippen molar-refractivity contribution in [2.75, 3.05) is 39.3 Å². The van der Waals surface area contributed by atoms with Gasteiger partial charge in [-0.3, -0.25) is 9.59 Å². The Morgan fingerprint density at radius 3 is 2.33 bits per heavy atom. The number of carbonyl (C=O) groups excluding carboxylic acids is 2. The number of aryl methyl sites for hydroxylation is 1. The Labute approximate surface area is 144 Å². The van der Waals surface area contributed by atoms with Gasteiger partial charge < -0.3 is 15.1 Å². The molecule has 1 N–H and O–H groups in total. The Hall–Kier alpha value is -1.88. The first-order valence-corrected chi connectivity index (χ1v) is 8.88. The van der Waals surface area contributed by atoms with Crippen molar-refractivity contribution in [1.82, 2.24) is 15.1 Å². The van der Waals surface area contributed by atoms with Crippen LogP contribution in [-0.2, 0) is 16.0 Å². The first-order chi connectivity index (χ1) is 11.6. The third kappa shape index (κ3) is 3.61. The van der Waals surface area contributed by atoms with Gasteiger partial charge in [-0.15, -0.1) is 0 Å². The van der Waals surface area contributed by atoms with Crippen molar-refractivity contribution in [2.24, 2.45) is 11.8 Å². The van der Waals surface area contributed by atoms with Crippen molar-refractivity contribution in [2.45, 2.75) is 20.3 Å². The van der Waals surface area contributed by atoms with E-state index < -0.39 is 0 Å². The lowest BCUT2D eigenvalue weighted by Gasteiger charge is -2.39. The fraction of sp³-hybridized carbons (Fsp3) is 0.579. The van der Waals surface area contributed by atoms with Gasteiger partial charge >= 0.3 is 0 Å². The van der Waals surface area contributed by atoms with E-state index in [2.05, 4.69) is 5.32 Å². The van der Waals surface area contributed by atoms with Gasteiger partial charge in [-0.05, 0) is 37.1 Å². The maximum absolute atomic E-state index is 12.5. The molecule has 0 aromatic heterocycles. The first-order valence-electron chi connectivity index (χ1n) is 8.88. The molecule has 3 rings (SSSR count). The van der Waals surface area contributed by atoms with Crippen LogP contribution in [0.5, 0.6) is 0 Å². The molecule has 0 spiro atoms. The van der Waals surface area contributed by atoms with Gasteiger partial charge in [0.2, 0.25) is 11.8 Å². The molecule has 2 fully saturated rings. The van der Waals surface area contributed by atoms with Crippen LogP contribution >= 0.6 is 0 Å². The van der Waals surface area contributed by atoms with Gasteiger partial charge in [0.15, 0.2) is 0 Å². The van der Waals surface area contributed by atoms with Crippen LogP contribution in [0.2, 0.25) is 0 Å². The molecular weight excluding hydrogens is 302 g/mol. The maximum atomic E-state index is 12.5. The molecule has 2 aliphatic heterocycles. The molecule has 0 aliphatic carbocycles.